The summed E-state index contributed by atoms with van der Waals surface area (Å²) in [7, 11) is 0. The van der Waals surface area contributed by atoms with Gasteiger partial charge in [0, 0.05) is 11.8 Å². The van der Waals surface area contributed by atoms with Gasteiger partial charge >= 0.3 is 0 Å². The number of halogens is 3. The number of aromatic nitrogens is 2. The third kappa shape index (κ3) is 2.68. The smallest absolute Gasteiger partial charge is 0.267 e. The number of nitrogens with one attached hydrogen (secondary N) is 2. The lowest BCUT2D eigenvalue weighted by atomic mass is 10.3. The van der Waals surface area contributed by atoms with E-state index in [9.17, 15) is 13.6 Å². The molecule has 0 amide bonds. The Morgan fingerprint density at radius 3 is 2.53 bits per heavy atom. The summed E-state index contributed by atoms with van der Waals surface area (Å²) in [5, 5.41) is 2.64. The van der Waals surface area contributed by atoms with E-state index in [1.807, 2.05) is 0 Å². The monoisotopic (exact) mass is 301 g/mol. The molecule has 0 unspecified atom stereocenters. The Bertz CT molecular complexity index is 594. The molecule has 1 heterocycles. The second kappa shape index (κ2) is 4.62. The predicted octanol–water partition coefficient (Wildman–Crippen LogP) is 2.55. The molecule has 0 saturated carbocycles. The Labute approximate surface area is 103 Å². The number of benzene rings is 1. The van der Waals surface area contributed by atoms with Crippen LogP contribution in [0.4, 0.5) is 20.3 Å². The maximum atomic E-state index is 12.9. The average Bonchev–Trinajstić information content (AvgIpc) is 2.23. The highest BCUT2D eigenvalue weighted by Gasteiger charge is 2.07. The Balaban J connectivity index is 2.38. The summed E-state index contributed by atoms with van der Waals surface area (Å²) >= 11 is 3.02. The zero-order valence-corrected chi connectivity index (χ0v) is 9.88. The molecule has 0 bridgehead atoms. The quantitative estimate of drug-likeness (QED) is 0.896. The van der Waals surface area contributed by atoms with E-state index in [1.54, 1.807) is 0 Å². The van der Waals surface area contributed by atoms with E-state index >= 15 is 0 Å². The lowest BCUT2D eigenvalue weighted by Crippen LogP contribution is -2.10. The Morgan fingerprint density at radius 2 is 1.88 bits per heavy atom. The Kier molecular flexibility index (Phi) is 3.19. The maximum Gasteiger partial charge on any atom is 0.267 e. The highest BCUT2D eigenvalue weighted by molar-refractivity contribution is 9.10. The standard InChI is InChI=1S/C10H6BrF2N3O/c11-8-9(14-4-15-10(8)17)16-7-2-5(12)1-6(13)3-7/h1-4H,(H2,14,15,16,17). The fraction of sp³-hybridized carbons (Fsp3) is 0. The molecule has 17 heavy (non-hydrogen) atoms. The fourth-order valence-corrected chi connectivity index (χ4v) is 1.55. The Hall–Kier alpha value is -1.76. The largest absolute Gasteiger partial charge is 0.339 e. The third-order valence-electron chi connectivity index (χ3n) is 1.92. The van der Waals surface area contributed by atoms with Crippen molar-refractivity contribution < 1.29 is 8.78 Å². The lowest BCUT2D eigenvalue weighted by molar-refractivity contribution is 0.584. The Morgan fingerprint density at radius 1 is 1.24 bits per heavy atom. The predicted molar refractivity (Wildman–Crippen MR) is 62.2 cm³/mol. The molecule has 2 rings (SSSR count). The van der Waals surface area contributed by atoms with Crippen LogP contribution in [0.15, 0.2) is 33.8 Å². The first-order valence-electron chi connectivity index (χ1n) is 4.52. The molecule has 7 heteroatoms. The van der Waals surface area contributed by atoms with Gasteiger partial charge in [0.2, 0.25) is 0 Å². The molecule has 0 fully saturated rings. The van der Waals surface area contributed by atoms with Crippen molar-refractivity contribution in [3.05, 3.63) is 51.0 Å². The first-order chi connectivity index (χ1) is 8.06. The number of hydrogen-bond donors (Lipinski definition) is 2. The van der Waals surface area contributed by atoms with Gasteiger partial charge in [-0.25, -0.2) is 13.8 Å². The number of rotatable bonds is 2. The lowest BCUT2D eigenvalue weighted by Gasteiger charge is -2.06. The van der Waals surface area contributed by atoms with Crippen LogP contribution in [-0.4, -0.2) is 9.97 Å². The van der Waals surface area contributed by atoms with Gasteiger partial charge in [-0.15, -0.1) is 0 Å². The maximum absolute atomic E-state index is 12.9. The van der Waals surface area contributed by atoms with E-state index in [0.717, 1.165) is 18.2 Å². The van der Waals surface area contributed by atoms with Crippen molar-refractivity contribution in [3.63, 3.8) is 0 Å². The van der Waals surface area contributed by atoms with Crippen LogP contribution in [0.5, 0.6) is 0 Å². The molecule has 1 aromatic carbocycles. The molecule has 4 nitrogen and oxygen atoms in total. The van der Waals surface area contributed by atoms with E-state index in [0.29, 0.717) is 0 Å². The van der Waals surface area contributed by atoms with Crippen LogP contribution in [0.1, 0.15) is 0 Å². The van der Waals surface area contributed by atoms with Gasteiger partial charge in [-0.3, -0.25) is 4.79 Å². The molecule has 0 radical (unpaired) electrons. The van der Waals surface area contributed by atoms with Gasteiger partial charge in [-0.2, -0.15) is 0 Å². The number of hydrogen-bond acceptors (Lipinski definition) is 3. The molecule has 2 aromatic rings. The summed E-state index contributed by atoms with van der Waals surface area (Å²) in [6.07, 6.45) is 1.19. The van der Waals surface area contributed by atoms with Crippen molar-refractivity contribution in [2.45, 2.75) is 0 Å². The van der Waals surface area contributed by atoms with Crippen molar-refractivity contribution in [1.82, 2.24) is 9.97 Å². The molecule has 0 spiro atoms. The molecule has 1 aromatic heterocycles. The molecule has 2 N–H and O–H groups in total. The molecule has 0 aliphatic heterocycles. The van der Waals surface area contributed by atoms with Crippen LogP contribution in [0.25, 0.3) is 0 Å². The van der Waals surface area contributed by atoms with Crippen LogP contribution < -0.4 is 10.9 Å². The zero-order valence-electron chi connectivity index (χ0n) is 8.30. The summed E-state index contributed by atoms with van der Waals surface area (Å²) in [6.45, 7) is 0. The second-order valence-electron chi connectivity index (χ2n) is 3.18. The number of nitrogens with zero attached hydrogens (tertiary/aromatic N) is 1. The molecule has 0 atom stereocenters. The molecule has 0 saturated heterocycles. The zero-order chi connectivity index (χ0) is 12.4. The van der Waals surface area contributed by atoms with E-state index in [1.165, 1.54) is 6.33 Å². The summed E-state index contributed by atoms with van der Waals surface area (Å²) in [4.78, 5) is 17.4. The van der Waals surface area contributed by atoms with E-state index in [-0.39, 0.29) is 21.5 Å². The minimum atomic E-state index is -0.714. The summed E-state index contributed by atoms with van der Waals surface area (Å²) < 4.78 is 26.0. The van der Waals surface area contributed by atoms with Gasteiger partial charge in [-0.1, -0.05) is 0 Å². The highest BCUT2D eigenvalue weighted by Crippen LogP contribution is 2.21. The van der Waals surface area contributed by atoms with E-state index in [4.69, 9.17) is 0 Å². The fourth-order valence-electron chi connectivity index (χ4n) is 1.23. The topological polar surface area (TPSA) is 57.8 Å². The normalized spacial score (nSPS) is 10.3. The van der Waals surface area contributed by atoms with Crippen molar-refractivity contribution in [3.8, 4) is 0 Å². The van der Waals surface area contributed by atoms with Crippen molar-refractivity contribution in [2.75, 3.05) is 5.32 Å². The summed E-state index contributed by atoms with van der Waals surface area (Å²) in [5.41, 5.74) is -0.222. The van der Waals surface area contributed by atoms with Crippen LogP contribution in [-0.2, 0) is 0 Å². The second-order valence-corrected chi connectivity index (χ2v) is 3.97. The van der Waals surface area contributed by atoms with Crippen LogP contribution in [0, 0.1) is 11.6 Å². The minimum Gasteiger partial charge on any atom is -0.339 e. The molecule has 0 aliphatic rings. The van der Waals surface area contributed by atoms with Gasteiger partial charge in [0.25, 0.3) is 5.56 Å². The first-order valence-corrected chi connectivity index (χ1v) is 5.32. The van der Waals surface area contributed by atoms with Crippen LogP contribution in [0.2, 0.25) is 0 Å². The third-order valence-corrected chi connectivity index (χ3v) is 2.66. The number of H-pyrrole nitrogens is 1. The minimum absolute atomic E-state index is 0.157. The van der Waals surface area contributed by atoms with Gasteiger partial charge in [0.05, 0.1) is 6.33 Å². The SMILES string of the molecule is O=c1[nH]cnc(Nc2cc(F)cc(F)c2)c1Br. The molecule has 0 aliphatic carbocycles. The average molecular weight is 302 g/mol. The van der Waals surface area contributed by atoms with Crippen molar-refractivity contribution in [2.24, 2.45) is 0 Å². The van der Waals surface area contributed by atoms with Gasteiger partial charge in [-0.05, 0) is 28.1 Å². The summed E-state index contributed by atoms with van der Waals surface area (Å²) in [5.74, 6) is -1.25. The van der Waals surface area contributed by atoms with Crippen LogP contribution >= 0.6 is 15.9 Å². The first kappa shape index (κ1) is 11.7. The number of anilines is 2. The van der Waals surface area contributed by atoms with Gasteiger partial charge in [0.15, 0.2) is 5.82 Å². The number of aromatic amines is 1. The van der Waals surface area contributed by atoms with Crippen molar-refractivity contribution >= 4 is 27.4 Å². The molecule has 88 valence electrons. The van der Waals surface area contributed by atoms with E-state index in [2.05, 4.69) is 31.2 Å². The molecular formula is C10H6BrF2N3O. The summed E-state index contributed by atoms with van der Waals surface area (Å²) in [6, 6.07) is 2.95. The highest BCUT2D eigenvalue weighted by atomic mass is 79.9. The van der Waals surface area contributed by atoms with Gasteiger partial charge in [0.1, 0.15) is 16.1 Å². The molecular weight excluding hydrogens is 296 g/mol. The van der Waals surface area contributed by atoms with Crippen LogP contribution in [0.3, 0.4) is 0 Å². The van der Waals surface area contributed by atoms with E-state index < -0.39 is 11.6 Å². The van der Waals surface area contributed by atoms with Gasteiger partial charge < -0.3 is 10.3 Å². The van der Waals surface area contributed by atoms with Crippen molar-refractivity contribution in [1.29, 1.82) is 0 Å².